The van der Waals surface area contributed by atoms with E-state index in [2.05, 4.69) is 10.2 Å². The topological polar surface area (TPSA) is 62.1 Å². The number of aromatic nitrogens is 2. The largest absolute Gasteiger partial charge is 0.467 e. The van der Waals surface area contributed by atoms with E-state index in [-0.39, 0.29) is 11.9 Å². The maximum absolute atomic E-state index is 13.2. The highest BCUT2D eigenvalue weighted by Gasteiger charge is 2.42. The van der Waals surface area contributed by atoms with Crippen LogP contribution in [0.5, 0.6) is 0 Å². The molecule has 5 rings (SSSR count). The Kier molecular flexibility index (Phi) is 4.02. The van der Waals surface area contributed by atoms with E-state index in [9.17, 15) is 4.79 Å². The summed E-state index contributed by atoms with van der Waals surface area (Å²) in [6, 6.07) is 20.8. The zero-order chi connectivity index (χ0) is 19.1. The predicted octanol–water partition coefficient (Wildman–Crippen LogP) is 5.07. The molecule has 0 fully saturated rings. The normalized spacial score (nSPS) is 15.8. The van der Waals surface area contributed by atoms with E-state index in [0.717, 1.165) is 28.1 Å². The summed E-state index contributed by atoms with van der Waals surface area (Å²) in [5, 5.41) is 8.04. The molecule has 138 valence electrons. The molecule has 28 heavy (non-hydrogen) atoms. The van der Waals surface area contributed by atoms with Gasteiger partial charge in [-0.1, -0.05) is 54.1 Å². The van der Waals surface area contributed by atoms with Crippen LogP contribution in [-0.4, -0.2) is 21.0 Å². The molecule has 0 bridgehead atoms. The van der Waals surface area contributed by atoms with Gasteiger partial charge in [-0.25, -0.2) is 0 Å². The van der Waals surface area contributed by atoms with Crippen molar-refractivity contribution in [2.24, 2.45) is 0 Å². The van der Waals surface area contributed by atoms with Crippen LogP contribution in [-0.2, 0) is 6.54 Å². The predicted molar refractivity (Wildman–Crippen MR) is 106 cm³/mol. The van der Waals surface area contributed by atoms with E-state index in [1.807, 2.05) is 66.7 Å². The number of rotatable bonds is 4. The summed E-state index contributed by atoms with van der Waals surface area (Å²) < 4.78 is 5.50. The number of aromatic amines is 1. The first kappa shape index (κ1) is 16.8. The lowest BCUT2D eigenvalue weighted by Gasteiger charge is -2.25. The Balaban J connectivity index is 1.68. The first-order valence-corrected chi connectivity index (χ1v) is 9.32. The molecule has 0 saturated carbocycles. The Morgan fingerprint density at radius 1 is 1.07 bits per heavy atom. The number of hydrogen-bond acceptors (Lipinski definition) is 3. The van der Waals surface area contributed by atoms with Crippen molar-refractivity contribution in [2.45, 2.75) is 12.6 Å². The third-order valence-electron chi connectivity index (χ3n) is 4.98. The van der Waals surface area contributed by atoms with Gasteiger partial charge in [-0.05, 0) is 29.8 Å². The second-order valence-electron chi connectivity index (χ2n) is 6.70. The number of furan rings is 1. The van der Waals surface area contributed by atoms with E-state index in [1.165, 1.54) is 0 Å². The van der Waals surface area contributed by atoms with Gasteiger partial charge in [-0.15, -0.1) is 0 Å². The lowest BCUT2D eigenvalue weighted by atomic mass is 9.96. The summed E-state index contributed by atoms with van der Waals surface area (Å²) in [5.41, 5.74) is 4.04. The van der Waals surface area contributed by atoms with Gasteiger partial charge in [-0.3, -0.25) is 9.89 Å². The number of amides is 1. The molecule has 2 aromatic heterocycles. The molecule has 1 amide bonds. The van der Waals surface area contributed by atoms with Crippen molar-refractivity contribution >= 4 is 17.5 Å². The standard InChI is InChI=1S/C22H16ClN3O2/c23-16-9-4-8-15(12-16)21-18-19(14-6-2-1-3-7-14)24-25-20(18)22(27)26(21)13-17-10-5-11-28-17/h1-12,21H,13H2,(H,24,25). The van der Waals surface area contributed by atoms with Crippen LogP contribution in [0.4, 0.5) is 0 Å². The van der Waals surface area contributed by atoms with Gasteiger partial charge in [0.2, 0.25) is 0 Å². The van der Waals surface area contributed by atoms with Crippen LogP contribution in [0, 0.1) is 0 Å². The molecule has 1 unspecified atom stereocenters. The second kappa shape index (κ2) is 6.69. The molecular weight excluding hydrogens is 374 g/mol. The first-order chi connectivity index (χ1) is 13.7. The Morgan fingerprint density at radius 2 is 1.93 bits per heavy atom. The average Bonchev–Trinajstić information content (AvgIpc) is 3.42. The number of halogens is 1. The monoisotopic (exact) mass is 389 g/mol. The average molecular weight is 390 g/mol. The van der Waals surface area contributed by atoms with Crippen molar-refractivity contribution in [3.8, 4) is 11.3 Å². The number of carbonyl (C=O) groups is 1. The lowest BCUT2D eigenvalue weighted by molar-refractivity contribution is 0.0717. The smallest absolute Gasteiger partial charge is 0.273 e. The summed E-state index contributed by atoms with van der Waals surface area (Å²) in [7, 11) is 0. The number of H-pyrrole nitrogens is 1. The molecule has 0 aliphatic carbocycles. The van der Waals surface area contributed by atoms with Crippen molar-refractivity contribution < 1.29 is 9.21 Å². The van der Waals surface area contributed by atoms with Crippen LogP contribution in [0.15, 0.2) is 77.4 Å². The summed E-state index contributed by atoms with van der Waals surface area (Å²) in [5.74, 6) is 0.616. The van der Waals surface area contributed by atoms with Gasteiger partial charge in [0.15, 0.2) is 0 Å². The fourth-order valence-electron chi connectivity index (χ4n) is 3.77. The van der Waals surface area contributed by atoms with E-state index < -0.39 is 0 Å². The van der Waals surface area contributed by atoms with E-state index in [1.54, 1.807) is 11.2 Å². The van der Waals surface area contributed by atoms with E-state index in [0.29, 0.717) is 17.3 Å². The number of fused-ring (bicyclic) bond motifs is 1. The van der Waals surface area contributed by atoms with Crippen molar-refractivity contribution in [3.05, 3.63) is 101 Å². The van der Waals surface area contributed by atoms with Crippen LogP contribution < -0.4 is 0 Å². The Hall–Kier alpha value is -3.31. The maximum Gasteiger partial charge on any atom is 0.273 e. The molecule has 0 saturated heterocycles. The molecular formula is C22H16ClN3O2. The summed E-state index contributed by atoms with van der Waals surface area (Å²) in [6.45, 7) is 0.361. The van der Waals surface area contributed by atoms with E-state index >= 15 is 0 Å². The van der Waals surface area contributed by atoms with Gasteiger partial charge in [0.1, 0.15) is 11.5 Å². The minimum absolute atomic E-state index is 0.106. The Labute approximate surface area is 166 Å². The van der Waals surface area contributed by atoms with Crippen molar-refractivity contribution in [2.75, 3.05) is 0 Å². The highest BCUT2D eigenvalue weighted by Crippen LogP contribution is 2.43. The molecule has 1 atom stereocenters. The first-order valence-electron chi connectivity index (χ1n) is 8.95. The molecule has 1 aliphatic rings. The number of benzene rings is 2. The molecule has 1 N–H and O–H groups in total. The zero-order valence-electron chi connectivity index (χ0n) is 14.8. The molecule has 6 heteroatoms. The number of carbonyl (C=O) groups excluding carboxylic acids is 1. The number of hydrogen-bond donors (Lipinski definition) is 1. The van der Waals surface area contributed by atoms with Gasteiger partial charge in [-0.2, -0.15) is 5.10 Å². The summed E-state index contributed by atoms with van der Waals surface area (Å²) in [6.07, 6.45) is 1.61. The number of nitrogens with one attached hydrogen (secondary N) is 1. The minimum Gasteiger partial charge on any atom is -0.467 e. The van der Waals surface area contributed by atoms with Crippen LogP contribution in [0.25, 0.3) is 11.3 Å². The minimum atomic E-state index is -0.305. The maximum atomic E-state index is 13.2. The quantitative estimate of drug-likeness (QED) is 0.530. The molecule has 1 aliphatic heterocycles. The number of nitrogens with zero attached hydrogens (tertiary/aromatic N) is 2. The molecule has 3 heterocycles. The van der Waals surface area contributed by atoms with Crippen LogP contribution in [0.1, 0.15) is 33.4 Å². The van der Waals surface area contributed by atoms with Crippen molar-refractivity contribution in [1.29, 1.82) is 0 Å². The fourth-order valence-corrected chi connectivity index (χ4v) is 3.97. The van der Waals surface area contributed by atoms with Gasteiger partial charge in [0.25, 0.3) is 5.91 Å². The molecule has 5 nitrogen and oxygen atoms in total. The molecule has 4 aromatic rings. The summed E-state index contributed by atoms with van der Waals surface area (Å²) in [4.78, 5) is 15.0. The highest BCUT2D eigenvalue weighted by atomic mass is 35.5. The summed E-state index contributed by atoms with van der Waals surface area (Å²) >= 11 is 6.26. The lowest BCUT2D eigenvalue weighted by Crippen LogP contribution is -2.28. The molecule has 0 radical (unpaired) electrons. The van der Waals surface area contributed by atoms with Crippen LogP contribution >= 0.6 is 11.6 Å². The van der Waals surface area contributed by atoms with Crippen LogP contribution in [0.3, 0.4) is 0 Å². The van der Waals surface area contributed by atoms with Gasteiger partial charge in [0.05, 0.1) is 24.5 Å². The van der Waals surface area contributed by atoms with Gasteiger partial charge >= 0.3 is 0 Å². The molecule has 2 aromatic carbocycles. The van der Waals surface area contributed by atoms with Gasteiger partial charge in [0, 0.05) is 16.1 Å². The van der Waals surface area contributed by atoms with Gasteiger partial charge < -0.3 is 9.32 Å². The third kappa shape index (κ3) is 2.72. The second-order valence-corrected chi connectivity index (χ2v) is 7.13. The van der Waals surface area contributed by atoms with Crippen molar-refractivity contribution in [1.82, 2.24) is 15.1 Å². The third-order valence-corrected chi connectivity index (χ3v) is 5.22. The van der Waals surface area contributed by atoms with Crippen molar-refractivity contribution in [3.63, 3.8) is 0 Å². The zero-order valence-corrected chi connectivity index (χ0v) is 15.6. The Morgan fingerprint density at radius 3 is 2.68 bits per heavy atom. The van der Waals surface area contributed by atoms with E-state index in [4.69, 9.17) is 16.0 Å². The highest BCUT2D eigenvalue weighted by molar-refractivity contribution is 6.30. The Bertz CT molecular complexity index is 1140. The molecule has 0 spiro atoms. The van der Waals surface area contributed by atoms with Crippen LogP contribution in [0.2, 0.25) is 5.02 Å². The fraction of sp³-hybridized carbons (Fsp3) is 0.0909. The SMILES string of the molecule is O=C1c2[nH]nc(-c3ccccc3)c2C(c2cccc(Cl)c2)N1Cc1ccco1.